The number of carbonyl (C=O) groups is 1. The highest BCUT2D eigenvalue weighted by Gasteiger charge is 2.16. The number of aryl methyl sites for hydroxylation is 2. The van der Waals surface area contributed by atoms with Crippen molar-refractivity contribution in [2.75, 3.05) is 5.32 Å². The van der Waals surface area contributed by atoms with E-state index in [2.05, 4.69) is 10.5 Å². The van der Waals surface area contributed by atoms with Crippen LogP contribution in [0.15, 0.2) is 22.7 Å². The summed E-state index contributed by atoms with van der Waals surface area (Å²) in [5, 5.41) is 15.7. The fraction of sp³-hybridized carbons (Fsp3) is 0.231. The van der Waals surface area contributed by atoms with Gasteiger partial charge >= 0.3 is 5.97 Å². The molecule has 1 aromatic heterocycles. The Morgan fingerprint density at radius 2 is 2.21 bits per heavy atom. The summed E-state index contributed by atoms with van der Waals surface area (Å²) in [6, 6.07) is 4.09. The minimum atomic E-state index is -1.31. The molecule has 0 spiro atoms. The Labute approximate surface area is 109 Å². The second kappa shape index (κ2) is 5.09. The molecule has 0 bridgehead atoms. The number of rotatable bonds is 4. The Balaban J connectivity index is 2.25. The average Bonchev–Trinajstić information content (AvgIpc) is 2.66. The van der Waals surface area contributed by atoms with Crippen LogP contribution in [0.1, 0.15) is 27.4 Å². The first-order chi connectivity index (χ1) is 9.00. The fourth-order valence-corrected chi connectivity index (χ4v) is 1.83. The molecule has 6 heteroatoms. The van der Waals surface area contributed by atoms with Gasteiger partial charge < -0.3 is 14.9 Å². The van der Waals surface area contributed by atoms with Crippen LogP contribution >= 0.6 is 0 Å². The number of aromatic nitrogens is 1. The van der Waals surface area contributed by atoms with Crippen molar-refractivity contribution in [3.63, 3.8) is 0 Å². The van der Waals surface area contributed by atoms with Crippen LogP contribution < -0.4 is 5.32 Å². The molecule has 1 aromatic carbocycles. The Morgan fingerprint density at radius 1 is 1.47 bits per heavy atom. The molecule has 19 heavy (non-hydrogen) atoms. The first kappa shape index (κ1) is 13.1. The van der Waals surface area contributed by atoms with Crippen molar-refractivity contribution in [2.24, 2.45) is 0 Å². The maximum absolute atomic E-state index is 13.5. The lowest BCUT2D eigenvalue weighted by molar-refractivity contribution is 0.0693. The number of carboxylic acid groups (broad SMARTS) is 1. The van der Waals surface area contributed by atoms with Gasteiger partial charge in [0, 0.05) is 12.1 Å². The maximum Gasteiger partial charge on any atom is 0.340 e. The van der Waals surface area contributed by atoms with Gasteiger partial charge in [-0.15, -0.1) is 0 Å². The van der Waals surface area contributed by atoms with E-state index < -0.39 is 11.8 Å². The molecule has 0 aliphatic heterocycles. The molecule has 5 nitrogen and oxygen atoms in total. The molecule has 0 fully saturated rings. The highest BCUT2D eigenvalue weighted by Crippen LogP contribution is 2.21. The number of carboxylic acids is 1. The second-order valence-corrected chi connectivity index (χ2v) is 4.12. The lowest BCUT2D eigenvalue weighted by Gasteiger charge is -2.09. The fourth-order valence-electron chi connectivity index (χ4n) is 1.83. The molecule has 0 aliphatic carbocycles. The van der Waals surface area contributed by atoms with Gasteiger partial charge in [-0.25, -0.2) is 9.18 Å². The van der Waals surface area contributed by atoms with Crippen LogP contribution in [0.3, 0.4) is 0 Å². The third-order valence-corrected chi connectivity index (χ3v) is 2.86. The van der Waals surface area contributed by atoms with E-state index in [0.29, 0.717) is 12.3 Å². The van der Waals surface area contributed by atoms with Gasteiger partial charge in [-0.05, 0) is 26.0 Å². The van der Waals surface area contributed by atoms with Crippen molar-refractivity contribution in [1.82, 2.24) is 5.16 Å². The Morgan fingerprint density at radius 3 is 2.79 bits per heavy atom. The predicted octanol–water partition coefficient (Wildman–Crippen LogP) is 2.74. The molecular formula is C13H13FN2O3. The van der Waals surface area contributed by atoms with Crippen LogP contribution in [-0.2, 0) is 6.54 Å². The Bertz CT molecular complexity index is 603. The van der Waals surface area contributed by atoms with Crippen molar-refractivity contribution >= 4 is 11.7 Å². The quantitative estimate of drug-likeness (QED) is 0.888. The lowest BCUT2D eigenvalue weighted by Crippen LogP contribution is -2.09. The van der Waals surface area contributed by atoms with E-state index in [1.165, 1.54) is 12.1 Å². The molecule has 2 rings (SSSR count). The average molecular weight is 264 g/mol. The van der Waals surface area contributed by atoms with E-state index in [-0.39, 0.29) is 11.3 Å². The zero-order chi connectivity index (χ0) is 14.0. The van der Waals surface area contributed by atoms with E-state index in [1.807, 2.05) is 0 Å². The summed E-state index contributed by atoms with van der Waals surface area (Å²) in [5.74, 6) is -1.42. The Hall–Kier alpha value is -2.37. The first-order valence-corrected chi connectivity index (χ1v) is 5.68. The molecule has 2 aromatic rings. The summed E-state index contributed by atoms with van der Waals surface area (Å²) in [6.07, 6.45) is 0. The van der Waals surface area contributed by atoms with Crippen molar-refractivity contribution in [1.29, 1.82) is 0 Å². The molecule has 100 valence electrons. The minimum absolute atomic E-state index is 0.229. The summed E-state index contributed by atoms with van der Waals surface area (Å²) in [5.41, 5.74) is 1.42. The molecule has 0 radical (unpaired) electrons. The molecule has 0 amide bonds. The van der Waals surface area contributed by atoms with Gasteiger partial charge in [-0.1, -0.05) is 11.2 Å². The highest BCUT2D eigenvalue weighted by molar-refractivity contribution is 5.94. The topological polar surface area (TPSA) is 75.4 Å². The van der Waals surface area contributed by atoms with Crippen LogP contribution in [0, 0.1) is 19.7 Å². The van der Waals surface area contributed by atoms with Crippen molar-refractivity contribution < 1.29 is 18.8 Å². The van der Waals surface area contributed by atoms with Crippen molar-refractivity contribution in [3.8, 4) is 0 Å². The number of hydrogen-bond acceptors (Lipinski definition) is 4. The number of nitrogens with one attached hydrogen (secondary N) is 1. The zero-order valence-corrected chi connectivity index (χ0v) is 10.5. The normalized spacial score (nSPS) is 10.5. The molecule has 2 N–H and O–H groups in total. The summed E-state index contributed by atoms with van der Waals surface area (Å²) in [4.78, 5) is 11.0. The standard InChI is InChI=1S/C13H13FN2O3/c1-7-9(8(2)19-16-7)6-15-11-5-3-4-10(14)12(11)13(17)18/h3-5,15H,6H2,1-2H3,(H,17,18). The van der Waals surface area contributed by atoms with Gasteiger partial charge in [0.15, 0.2) is 0 Å². The summed E-state index contributed by atoms with van der Waals surface area (Å²) < 4.78 is 18.5. The van der Waals surface area contributed by atoms with Crippen molar-refractivity contribution in [3.05, 3.63) is 46.6 Å². The molecule has 0 aliphatic rings. The van der Waals surface area contributed by atoms with Crippen LogP contribution in [0.2, 0.25) is 0 Å². The lowest BCUT2D eigenvalue weighted by atomic mass is 10.1. The van der Waals surface area contributed by atoms with Crippen LogP contribution in [0.25, 0.3) is 0 Å². The van der Waals surface area contributed by atoms with Gasteiger partial charge in [0.2, 0.25) is 0 Å². The van der Waals surface area contributed by atoms with Crippen LogP contribution in [0.5, 0.6) is 0 Å². The van der Waals surface area contributed by atoms with Crippen LogP contribution in [-0.4, -0.2) is 16.2 Å². The monoisotopic (exact) mass is 264 g/mol. The molecule has 0 unspecified atom stereocenters. The molecule has 1 heterocycles. The molecule has 0 atom stereocenters. The minimum Gasteiger partial charge on any atom is -0.478 e. The number of aromatic carboxylic acids is 1. The zero-order valence-electron chi connectivity index (χ0n) is 10.5. The third-order valence-electron chi connectivity index (χ3n) is 2.86. The van der Waals surface area contributed by atoms with E-state index in [4.69, 9.17) is 9.63 Å². The van der Waals surface area contributed by atoms with Crippen molar-refractivity contribution in [2.45, 2.75) is 20.4 Å². The highest BCUT2D eigenvalue weighted by atomic mass is 19.1. The number of hydrogen-bond donors (Lipinski definition) is 2. The smallest absolute Gasteiger partial charge is 0.340 e. The van der Waals surface area contributed by atoms with Gasteiger partial charge in [0.25, 0.3) is 0 Å². The predicted molar refractivity (Wildman–Crippen MR) is 66.7 cm³/mol. The first-order valence-electron chi connectivity index (χ1n) is 5.68. The SMILES string of the molecule is Cc1noc(C)c1CNc1cccc(F)c1C(=O)O. The van der Waals surface area contributed by atoms with E-state index in [9.17, 15) is 9.18 Å². The summed E-state index contributed by atoms with van der Waals surface area (Å²) >= 11 is 0. The van der Waals surface area contributed by atoms with Gasteiger partial charge in [0.05, 0.1) is 11.4 Å². The molecule has 0 saturated carbocycles. The maximum atomic E-state index is 13.5. The van der Waals surface area contributed by atoms with Crippen LogP contribution in [0.4, 0.5) is 10.1 Å². The van der Waals surface area contributed by atoms with Gasteiger partial charge in [-0.2, -0.15) is 0 Å². The Kier molecular flexibility index (Phi) is 3.50. The summed E-state index contributed by atoms with van der Waals surface area (Å²) in [7, 11) is 0. The van der Waals surface area contributed by atoms with E-state index >= 15 is 0 Å². The number of halogens is 1. The van der Waals surface area contributed by atoms with E-state index in [1.54, 1.807) is 13.8 Å². The second-order valence-electron chi connectivity index (χ2n) is 4.12. The number of benzene rings is 1. The number of nitrogens with zero attached hydrogens (tertiary/aromatic N) is 1. The largest absolute Gasteiger partial charge is 0.478 e. The van der Waals surface area contributed by atoms with Gasteiger partial charge in [0.1, 0.15) is 17.1 Å². The van der Waals surface area contributed by atoms with Gasteiger partial charge in [-0.3, -0.25) is 0 Å². The number of anilines is 1. The third kappa shape index (κ3) is 2.57. The molecular weight excluding hydrogens is 251 g/mol. The summed E-state index contributed by atoms with van der Waals surface area (Å²) in [6.45, 7) is 3.88. The molecule has 0 saturated heterocycles. The van der Waals surface area contributed by atoms with E-state index in [0.717, 1.165) is 17.3 Å².